The van der Waals surface area contributed by atoms with E-state index >= 15 is 0 Å². The van der Waals surface area contributed by atoms with Crippen molar-refractivity contribution in [3.8, 4) is 11.5 Å². The molecule has 0 radical (unpaired) electrons. The molecule has 0 bridgehead atoms. The fourth-order valence-corrected chi connectivity index (χ4v) is 1.40. The molecule has 0 aromatic heterocycles. The number of benzene rings is 1. The van der Waals surface area contributed by atoms with E-state index in [4.69, 9.17) is 0 Å². The van der Waals surface area contributed by atoms with Gasteiger partial charge in [0.05, 0.1) is 6.54 Å². The third-order valence-corrected chi connectivity index (χ3v) is 2.12. The van der Waals surface area contributed by atoms with Gasteiger partial charge in [-0.3, -0.25) is 0 Å². The Morgan fingerprint density at radius 3 is 2.14 bits per heavy atom. The molecule has 0 aliphatic heterocycles. The van der Waals surface area contributed by atoms with Gasteiger partial charge in [0.15, 0.2) is 0 Å². The van der Waals surface area contributed by atoms with Crippen LogP contribution in [0.1, 0.15) is 5.56 Å². The smallest absolute Gasteiger partial charge is 0.401 e. The summed E-state index contributed by atoms with van der Waals surface area (Å²) < 4.78 is 92.3. The summed E-state index contributed by atoms with van der Waals surface area (Å²) in [7, 11) is 0. The first kappa shape index (κ1) is 17.3. The van der Waals surface area contributed by atoms with Crippen LogP contribution in [0.4, 0.5) is 30.7 Å². The van der Waals surface area contributed by atoms with Crippen molar-refractivity contribution in [3.05, 3.63) is 23.8 Å². The van der Waals surface area contributed by atoms with Gasteiger partial charge < -0.3 is 14.8 Å². The van der Waals surface area contributed by atoms with Crippen molar-refractivity contribution in [2.24, 2.45) is 0 Å². The Labute approximate surface area is 114 Å². The highest BCUT2D eigenvalue weighted by atomic mass is 19.4. The van der Waals surface area contributed by atoms with Crippen LogP contribution >= 0.6 is 0 Å². The Morgan fingerprint density at radius 2 is 1.62 bits per heavy atom. The van der Waals surface area contributed by atoms with E-state index in [1.165, 1.54) is 0 Å². The molecule has 21 heavy (non-hydrogen) atoms. The maximum absolute atomic E-state index is 12.2. The number of halogens is 7. The van der Waals surface area contributed by atoms with Crippen LogP contribution in [-0.4, -0.2) is 25.9 Å². The standard InChI is InChI=1S/C11H10F7NO2/c12-9(13)20-7-2-1-6(4-19-5-11(16,17)18)8(3-7)21-10(14)15/h1-3,9-10,19H,4-5H2. The second-order valence-electron chi connectivity index (χ2n) is 3.75. The van der Waals surface area contributed by atoms with E-state index in [2.05, 4.69) is 9.47 Å². The lowest BCUT2D eigenvalue weighted by molar-refractivity contribution is -0.125. The number of hydrogen-bond donors (Lipinski definition) is 1. The number of nitrogens with one attached hydrogen (secondary N) is 1. The predicted octanol–water partition coefficient (Wildman–Crippen LogP) is 3.54. The summed E-state index contributed by atoms with van der Waals surface area (Å²) in [6.07, 6.45) is -4.47. The van der Waals surface area contributed by atoms with Gasteiger partial charge in [-0.1, -0.05) is 6.07 Å². The van der Waals surface area contributed by atoms with Crippen LogP contribution in [0.15, 0.2) is 18.2 Å². The first-order valence-electron chi connectivity index (χ1n) is 5.47. The molecule has 1 rings (SSSR count). The van der Waals surface area contributed by atoms with Crippen molar-refractivity contribution < 1.29 is 40.2 Å². The zero-order valence-corrected chi connectivity index (χ0v) is 10.3. The van der Waals surface area contributed by atoms with Crippen LogP contribution < -0.4 is 14.8 Å². The molecule has 0 aliphatic rings. The molecule has 3 nitrogen and oxygen atoms in total. The monoisotopic (exact) mass is 321 g/mol. The molecule has 1 aromatic rings. The number of hydrogen-bond acceptors (Lipinski definition) is 3. The molecule has 0 fully saturated rings. The van der Waals surface area contributed by atoms with E-state index < -0.39 is 44.0 Å². The molecule has 0 saturated heterocycles. The Morgan fingerprint density at radius 1 is 1.00 bits per heavy atom. The highest BCUT2D eigenvalue weighted by Crippen LogP contribution is 2.27. The first-order chi connectivity index (χ1) is 9.67. The van der Waals surface area contributed by atoms with E-state index in [0.29, 0.717) is 0 Å². The fourth-order valence-electron chi connectivity index (χ4n) is 1.40. The summed E-state index contributed by atoms with van der Waals surface area (Å²) in [4.78, 5) is 0. The molecule has 0 heterocycles. The Bertz CT molecular complexity index is 451. The third kappa shape index (κ3) is 7.02. The molecular weight excluding hydrogens is 311 g/mol. The lowest BCUT2D eigenvalue weighted by Gasteiger charge is -2.14. The summed E-state index contributed by atoms with van der Waals surface area (Å²) in [6, 6.07) is 2.82. The molecule has 0 saturated carbocycles. The highest BCUT2D eigenvalue weighted by molar-refractivity contribution is 5.40. The van der Waals surface area contributed by atoms with Crippen LogP contribution in [0, 0.1) is 0 Å². The third-order valence-electron chi connectivity index (χ3n) is 2.12. The van der Waals surface area contributed by atoms with Gasteiger partial charge in [0.2, 0.25) is 0 Å². The van der Waals surface area contributed by atoms with Gasteiger partial charge in [-0.2, -0.15) is 30.7 Å². The van der Waals surface area contributed by atoms with Crippen molar-refractivity contribution in [1.82, 2.24) is 5.32 Å². The number of alkyl halides is 7. The summed E-state index contributed by atoms with van der Waals surface area (Å²) in [5.74, 6) is -0.988. The van der Waals surface area contributed by atoms with Crippen LogP contribution in [0.25, 0.3) is 0 Å². The van der Waals surface area contributed by atoms with Crippen molar-refractivity contribution >= 4 is 0 Å². The second-order valence-corrected chi connectivity index (χ2v) is 3.75. The molecule has 0 amide bonds. The average molecular weight is 321 g/mol. The van der Waals surface area contributed by atoms with Crippen LogP contribution in [0.2, 0.25) is 0 Å². The molecule has 120 valence electrons. The maximum Gasteiger partial charge on any atom is 0.401 e. The van der Waals surface area contributed by atoms with Gasteiger partial charge in [-0.15, -0.1) is 0 Å². The fraction of sp³-hybridized carbons (Fsp3) is 0.455. The summed E-state index contributed by atoms with van der Waals surface area (Å²) >= 11 is 0. The molecule has 1 aromatic carbocycles. The maximum atomic E-state index is 12.2. The zero-order chi connectivity index (χ0) is 16.0. The van der Waals surface area contributed by atoms with Gasteiger partial charge >= 0.3 is 19.4 Å². The minimum atomic E-state index is -4.47. The summed E-state index contributed by atoms with van der Waals surface area (Å²) in [5.41, 5.74) is -0.0545. The van der Waals surface area contributed by atoms with E-state index in [1.807, 2.05) is 5.32 Å². The SMILES string of the molecule is FC(F)Oc1ccc(CNCC(F)(F)F)c(OC(F)F)c1. The van der Waals surface area contributed by atoms with Crippen LogP contribution in [-0.2, 0) is 6.54 Å². The van der Waals surface area contributed by atoms with Crippen molar-refractivity contribution in [2.75, 3.05) is 6.54 Å². The minimum Gasteiger partial charge on any atom is -0.435 e. The minimum absolute atomic E-state index is 0.0545. The normalized spacial score (nSPS) is 12.0. The lowest BCUT2D eigenvalue weighted by atomic mass is 10.2. The Balaban J connectivity index is 2.81. The largest absolute Gasteiger partial charge is 0.435 e. The molecule has 0 unspecified atom stereocenters. The van der Waals surface area contributed by atoms with Gasteiger partial charge in [-0.25, -0.2) is 0 Å². The van der Waals surface area contributed by atoms with Gasteiger partial charge in [0.1, 0.15) is 11.5 Å². The summed E-state index contributed by atoms with van der Waals surface area (Å²) in [6.45, 7) is -8.20. The van der Waals surface area contributed by atoms with Crippen molar-refractivity contribution in [3.63, 3.8) is 0 Å². The average Bonchev–Trinajstić information content (AvgIpc) is 2.28. The molecule has 0 atom stereocenters. The topological polar surface area (TPSA) is 30.5 Å². The molecular formula is C11H10F7NO2. The predicted molar refractivity (Wildman–Crippen MR) is 57.5 cm³/mol. The number of rotatable bonds is 7. The van der Waals surface area contributed by atoms with Crippen LogP contribution in [0.3, 0.4) is 0 Å². The van der Waals surface area contributed by atoms with Crippen molar-refractivity contribution in [2.45, 2.75) is 25.9 Å². The lowest BCUT2D eigenvalue weighted by Crippen LogP contribution is -2.28. The van der Waals surface area contributed by atoms with Gasteiger partial charge in [0, 0.05) is 18.2 Å². The molecule has 1 N–H and O–H groups in total. The van der Waals surface area contributed by atoms with Gasteiger partial charge in [0.25, 0.3) is 0 Å². The van der Waals surface area contributed by atoms with Gasteiger partial charge in [-0.05, 0) is 6.07 Å². The second kappa shape index (κ2) is 7.34. The first-order valence-corrected chi connectivity index (χ1v) is 5.47. The number of ether oxygens (including phenoxy) is 2. The highest BCUT2D eigenvalue weighted by Gasteiger charge is 2.26. The molecule has 0 spiro atoms. The Kier molecular flexibility index (Phi) is 6.06. The van der Waals surface area contributed by atoms with Crippen LogP contribution in [0.5, 0.6) is 11.5 Å². The van der Waals surface area contributed by atoms with E-state index in [9.17, 15) is 30.7 Å². The zero-order valence-electron chi connectivity index (χ0n) is 10.3. The molecule has 0 aliphatic carbocycles. The van der Waals surface area contributed by atoms with E-state index in [1.54, 1.807) is 0 Å². The Hall–Kier alpha value is -1.71. The summed E-state index contributed by atoms with van der Waals surface area (Å²) in [5, 5.41) is 1.98. The van der Waals surface area contributed by atoms with E-state index in [0.717, 1.165) is 18.2 Å². The van der Waals surface area contributed by atoms with Crippen molar-refractivity contribution in [1.29, 1.82) is 0 Å². The van der Waals surface area contributed by atoms with E-state index in [-0.39, 0.29) is 5.56 Å². The molecule has 10 heteroatoms. The quantitative estimate of drug-likeness (QED) is 0.779.